The lowest BCUT2D eigenvalue weighted by atomic mass is 9.69. The molecule has 0 saturated heterocycles. The first-order chi connectivity index (χ1) is 26.1. The number of rotatable bonds is 4. The van der Waals surface area contributed by atoms with E-state index in [-0.39, 0.29) is 36.2 Å². The molecular formula is C42H24F12S2. The fraction of sp³-hybridized carbons (Fsp3) is 0.190. The Morgan fingerprint density at radius 3 is 1.14 bits per heavy atom. The molecule has 2 aromatic heterocycles. The van der Waals surface area contributed by atoms with Crippen LogP contribution in [0.2, 0.25) is 0 Å². The first-order valence-electron chi connectivity index (χ1n) is 16.8. The number of thiophene rings is 2. The monoisotopic (exact) mass is 820 g/mol. The zero-order valence-electron chi connectivity index (χ0n) is 28.7. The van der Waals surface area contributed by atoms with Crippen molar-refractivity contribution in [3.05, 3.63) is 163 Å². The minimum Gasteiger partial charge on any atom is -0.194 e. The number of allylic oxidation sites excluding steroid dienone is 2. The van der Waals surface area contributed by atoms with Crippen LogP contribution in [0.5, 0.6) is 0 Å². The molecule has 288 valence electrons. The van der Waals surface area contributed by atoms with Crippen LogP contribution in [0.25, 0.3) is 32.0 Å². The molecule has 56 heavy (non-hydrogen) atoms. The predicted octanol–water partition coefficient (Wildman–Crippen LogP) is 14.3. The minimum atomic E-state index is -5.93. The van der Waals surface area contributed by atoms with Gasteiger partial charge < -0.3 is 0 Å². The lowest BCUT2D eigenvalue weighted by molar-refractivity contribution is -0.254. The highest BCUT2D eigenvalue weighted by molar-refractivity contribution is 7.18. The maximum Gasteiger partial charge on any atom is 0.416 e. The summed E-state index contributed by atoms with van der Waals surface area (Å²) >= 11 is 1.54. The maximum atomic E-state index is 16.4. The lowest BCUT2D eigenvalue weighted by Crippen LogP contribution is -2.49. The average molecular weight is 821 g/mol. The van der Waals surface area contributed by atoms with E-state index >= 15 is 26.3 Å². The van der Waals surface area contributed by atoms with Crippen molar-refractivity contribution >= 4 is 33.8 Å². The van der Waals surface area contributed by atoms with Gasteiger partial charge in [0, 0.05) is 41.8 Å². The van der Waals surface area contributed by atoms with Gasteiger partial charge in [-0.2, -0.15) is 52.7 Å². The molecule has 0 radical (unpaired) electrons. The van der Waals surface area contributed by atoms with Gasteiger partial charge in [-0.05, 0) is 72.5 Å². The summed E-state index contributed by atoms with van der Waals surface area (Å²) in [5.74, 6) is -16.9. The van der Waals surface area contributed by atoms with Crippen molar-refractivity contribution in [3.8, 4) is 20.9 Å². The molecule has 8 rings (SSSR count). The highest BCUT2D eigenvalue weighted by atomic mass is 32.1. The number of hydrogen-bond acceptors (Lipinski definition) is 2. The Balaban J connectivity index is 1.56. The van der Waals surface area contributed by atoms with Gasteiger partial charge >= 0.3 is 30.1 Å². The molecule has 0 aliphatic heterocycles. The summed E-state index contributed by atoms with van der Waals surface area (Å²) in [6, 6.07) is 22.4. The van der Waals surface area contributed by atoms with Gasteiger partial charge in [0.1, 0.15) is 0 Å². The largest absolute Gasteiger partial charge is 0.416 e. The highest BCUT2D eigenvalue weighted by Crippen LogP contribution is 2.70. The van der Waals surface area contributed by atoms with Crippen LogP contribution in [0.3, 0.4) is 0 Å². The van der Waals surface area contributed by atoms with E-state index in [9.17, 15) is 26.3 Å². The van der Waals surface area contributed by atoms with E-state index < -0.39 is 68.9 Å². The number of aryl methyl sites for hydroxylation is 2. The molecule has 0 N–H and O–H groups in total. The van der Waals surface area contributed by atoms with E-state index in [1.807, 2.05) is 0 Å². The third kappa shape index (κ3) is 5.42. The van der Waals surface area contributed by atoms with Gasteiger partial charge in [-0.25, -0.2) is 0 Å². The van der Waals surface area contributed by atoms with Crippen LogP contribution in [0.1, 0.15) is 54.3 Å². The fourth-order valence-corrected chi connectivity index (χ4v) is 10.4. The van der Waals surface area contributed by atoms with E-state index in [0.29, 0.717) is 22.5 Å². The number of hydrogen-bond donors (Lipinski definition) is 0. The SMILES string of the molecule is Cc1ccc(-c2cc3c(s2)C(c2ccc(C)cc2)(c2ccc(C(F)(F)F)cc2)c2sc(-c4ccc(C(F)(F)F)cc4)cc2C2=C3C(F)(F)C(F)(F)C2(F)F)cc1. The standard InChI is InChI=1S/C42H24F12S2/c1-21-3-7-23(8-4-21)31-19-29-33-34(39(45,46)42(53,54)38(33,43)44)30-20-32(24-9-13-27(14-10-24)40(47,48)49)56-36(30)37(35(29)55-31,25-11-5-22(2)6-12-25)26-15-17-28(18-16-26)41(50,51)52/h3-20H,1-2H3. The first kappa shape index (κ1) is 38.1. The van der Waals surface area contributed by atoms with Crippen LogP contribution in [0, 0.1) is 13.8 Å². The van der Waals surface area contributed by atoms with Crippen LogP contribution in [-0.2, 0) is 17.8 Å². The van der Waals surface area contributed by atoms with E-state index in [1.54, 1.807) is 62.4 Å². The lowest BCUT2D eigenvalue weighted by Gasteiger charge is -2.36. The molecular weight excluding hydrogens is 797 g/mol. The molecule has 14 heteroatoms. The van der Waals surface area contributed by atoms with Gasteiger partial charge in [-0.3, -0.25) is 0 Å². The van der Waals surface area contributed by atoms with E-state index in [2.05, 4.69) is 0 Å². The zero-order chi connectivity index (χ0) is 40.4. The predicted molar refractivity (Wildman–Crippen MR) is 193 cm³/mol. The first-order valence-corrected chi connectivity index (χ1v) is 18.4. The number of benzene rings is 4. The zero-order valence-corrected chi connectivity index (χ0v) is 30.4. The molecule has 0 amide bonds. The van der Waals surface area contributed by atoms with Gasteiger partial charge in [0.05, 0.1) is 16.5 Å². The van der Waals surface area contributed by atoms with Crippen molar-refractivity contribution < 1.29 is 52.7 Å². The Hall–Kier alpha value is -4.82. The van der Waals surface area contributed by atoms with E-state index in [1.165, 1.54) is 0 Å². The second kappa shape index (κ2) is 12.3. The summed E-state index contributed by atoms with van der Waals surface area (Å²) in [6.45, 7) is 3.51. The molecule has 4 aromatic carbocycles. The van der Waals surface area contributed by atoms with Gasteiger partial charge in [-0.15, -0.1) is 22.7 Å². The Labute approximate surface area is 319 Å². The Morgan fingerprint density at radius 1 is 0.446 bits per heavy atom. The summed E-state index contributed by atoms with van der Waals surface area (Å²) in [5, 5.41) is 0. The molecule has 6 aromatic rings. The molecule has 2 aliphatic carbocycles. The highest BCUT2D eigenvalue weighted by Gasteiger charge is 2.81. The molecule has 1 atom stereocenters. The smallest absolute Gasteiger partial charge is 0.194 e. The number of fused-ring (bicyclic) bond motifs is 4. The van der Waals surface area contributed by atoms with Crippen molar-refractivity contribution in [2.75, 3.05) is 0 Å². The van der Waals surface area contributed by atoms with Gasteiger partial charge in [0.25, 0.3) is 0 Å². The maximum absolute atomic E-state index is 16.4. The summed E-state index contributed by atoms with van der Waals surface area (Å²) < 4.78 is 180. The van der Waals surface area contributed by atoms with Crippen LogP contribution in [-0.4, -0.2) is 17.8 Å². The summed E-state index contributed by atoms with van der Waals surface area (Å²) in [4.78, 5) is -0.167. The fourth-order valence-electron chi connectivity index (χ4n) is 7.48. The molecule has 2 aliphatic rings. The normalized spacial score (nSPS) is 19.7. The third-order valence-electron chi connectivity index (χ3n) is 10.3. The second-order valence-electron chi connectivity index (χ2n) is 13.8. The van der Waals surface area contributed by atoms with Crippen LogP contribution < -0.4 is 0 Å². The molecule has 0 saturated carbocycles. The average Bonchev–Trinajstić information content (AvgIpc) is 3.77. The van der Waals surface area contributed by atoms with E-state index in [4.69, 9.17) is 0 Å². The van der Waals surface area contributed by atoms with Gasteiger partial charge in [-0.1, -0.05) is 83.9 Å². The number of halogens is 12. The van der Waals surface area contributed by atoms with Crippen LogP contribution >= 0.6 is 22.7 Å². The number of alkyl halides is 12. The van der Waals surface area contributed by atoms with Gasteiger partial charge in [0.15, 0.2) is 0 Å². The molecule has 0 nitrogen and oxygen atoms in total. The molecule has 0 bridgehead atoms. The molecule has 1 unspecified atom stereocenters. The van der Waals surface area contributed by atoms with Crippen molar-refractivity contribution in [2.24, 2.45) is 0 Å². The van der Waals surface area contributed by atoms with Crippen molar-refractivity contribution in [1.29, 1.82) is 0 Å². The Kier molecular flexibility index (Phi) is 8.39. The van der Waals surface area contributed by atoms with Crippen molar-refractivity contribution in [3.63, 3.8) is 0 Å². The topological polar surface area (TPSA) is 0 Å². The Bertz CT molecular complexity index is 2520. The summed E-state index contributed by atoms with van der Waals surface area (Å²) in [5.41, 5.74) is -6.61. The van der Waals surface area contributed by atoms with Crippen molar-refractivity contribution in [2.45, 2.75) is 49.4 Å². The molecule has 0 spiro atoms. The summed E-state index contributed by atoms with van der Waals surface area (Å²) in [7, 11) is 0. The minimum absolute atomic E-state index is 0.00884. The second-order valence-corrected chi connectivity index (χ2v) is 15.9. The van der Waals surface area contributed by atoms with E-state index in [0.717, 1.165) is 77.6 Å². The van der Waals surface area contributed by atoms with Crippen molar-refractivity contribution in [1.82, 2.24) is 0 Å². The molecule has 0 fully saturated rings. The van der Waals surface area contributed by atoms with Gasteiger partial charge in [0.2, 0.25) is 0 Å². The quantitative estimate of drug-likeness (QED) is 0.155. The summed E-state index contributed by atoms with van der Waals surface area (Å²) in [6.07, 6.45) is -9.56. The Morgan fingerprint density at radius 2 is 0.768 bits per heavy atom. The molecule has 2 heterocycles. The van der Waals surface area contributed by atoms with Crippen LogP contribution in [0.15, 0.2) is 109 Å². The third-order valence-corrected chi connectivity index (χ3v) is 12.9. The van der Waals surface area contributed by atoms with Crippen LogP contribution in [0.4, 0.5) is 52.7 Å².